The topological polar surface area (TPSA) is 82.1 Å². The van der Waals surface area contributed by atoms with Crippen molar-refractivity contribution in [2.24, 2.45) is 5.92 Å². The second-order valence-corrected chi connectivity index (χ2v) is 11.2. The third kappa shape index (κ3) is 8.93. The van der Waals surface area contributed by atoms with Crippen molar-refractivity contribution in [2.45, 2.75) is 83.8 Å². The average Bonchev–Trinajstić information content (AvgIpc) is 2.90. The van der Waals surface area contributed by atoms with Crippen LogP contribution in [0.2, 0.25) is 0 Å². The number of halogens is 2. The van der Waals surface area contributed by atoms with E-state index in [1.807, 2.05) is 30.3 Å². The lowest BCUT2D eigenvalue weighted by atomic mass is 9.84. The number of ether oxygens (including phenoxy) is 3. The largest absolute Gasteiger partial charge is 0.444 e. The van der Waals surface area contributed by atoms with Crippen LogP contribution in [0.25, 0.3) is 0 Å². The number of hydrogen-bond acceptors (Lipinski definition) is 6. The molecule has 0 aliphatic carbocycles. The van der Waals surface area contributed by atoms with Crippen molar-refractivity contribution in [3.8, 4) is 0 Å². The van der Waals surface area contributed by atoms with E-state index in [2.05, 4.69) is 0 Å². The molecule has 0 N–H and O–H groups in total. The van der Waals surface area contributed by atoms with Gasteiger partial charge in [0.05, 0.1) is 13.2 Å². The number of benzene rings is 2. The smallest absolute Gasteiger partial charge is 0.410 e. The highest BCUT2D eigenvalue weighted by Crippen LogP contribution is 2.33. The minimum absolute atomic E-state index is 0.126. The maximum atomic E-state index is 15.8. The van der Waals surface area contributed by atoms with Gasteiger partial charge in [-0.2, -0.15) is 8.78 Å². The maximum absolute atomic E-state index is 15.8. The Hall–Kier alpha value is -3.17. The summed E-state index contributed by atoms with van der Waals surface area (Å²) in [5, 5.41) is 0. The van der Waals surface area contributed by atoms with Gasteiger partial charge >= 0.3 is 12.0 Å². The van der Waals surface area contributed by atoms with Crippen molar-refractivity contribution in [1.82, 2.24) is 4.90 Å². The van der Waals surface area contributed by atoms with Crippen LogP contribution >= 0.6 is 0 Å². The Bertz CT molecular complexity index is 1120. The Balaban J connectivity index is 1.70. The second-order valence-electron chi connectivity index (χ2n) is 11.2. The van der Waals surface area contributed by atoms with Crippen molar-refractivity contribution >= 4 is 17.7 Å². The van der Waals surface area contributed by atoms with Crippen LogP contribution in [-0.4, -0.2) is 59.4 Å². The number of hydrogen-bond donors (Lipinski definition) is 0. The summed E-state index contributed by atoms with van der Waals surface area (Å²) in [5.74, 6) is -7.79. The third-order valence-electron chi connectivity index (χ3n) is 6.63. The predicted molar refractivity (Wildman–Crippen MR) is 146 cm³/mol. The van der Waals surface area contributed by atoms with Crippen LogP contribution in [0.3, 0.4) is 0 Å². The minimum atomic E-state index is -3.96. The van der Waals surface area contributed by atoms with Gasteiger partial charge in [-0.3, -0.25) is 9.59 Å². The summed E-state index contributed by atoms with van der Waals surface area (Å²) in [4.78, 5) is 39.9. The van der Waals surface area contributed by atoms with Gasteiger partial charge in [0, 0.05) is 25.6 Å². The number of piperidine rings is 1. The number of Topliss-reactive ketones (excluding diaryl/α,β-unsaturated/α-hetero) is 2. The van der Waals surface area contributed by atoms with Crippen molar-refractivity contribution < 1.29 is 37.4 Å². The molecular weight excluding hydrogens is 520 g/mol. The van der Waals surface area contributed by atoms with Gasteiger partial charge < -0.3 is 19.1 Å². The highest BCUT2D eigenvalue weighted by molar-refractivity contribution is 6.07. The summed E-state index contributed by atoms with van der Waals surface area (Å²) in [6.45, 7) is 6.60. The maximum Gasteiger partial charge on any atom is 0.410 e. The van der Waals surface area contributed by atoms with Gasteiger partial charge in [-0.1, -0.05) is 60.7 Å². The van der Waals surface area contributed by atoms with Gasteiger partial charge in [0.1, 0.15) is 23.4 Å². The first-order chi connectivity index (χ1) is 18.9. The number of carbonyl (C=O) groups is 3. The highest BCUT2D eigenvalue weighted by atomic mass is 19.3. The zero-order valence-electron chi connectivity index (χ0n) is 23.6. The van der Waals surface area contributed by atoms with Gasteiger partial charge in [-0.05, 0) is 51.7 Å². The molecule has 2 aromatic carbocycles. The molecule has 0 bridgehead atoms. The molecule has 40 heavy (non-hydrogen) atoms. The minimum Gasteiger partial charge on any atom is -0.444 e. The van der Waals surface area contributed by atoms with Crippen LogP contribution in [0.4, 0.5) is 13.6 Å². The standard InChI is InChI=1S/C31H39F2NO6/c1-22-18-26(35)25(19-34(22)29(37)40-30(2,3)4)28(36)31(32,33)27(39-21-24-14-9-6-10-15-24)16-11-17-38-20-23-12-7-5-8-13-23/h5-10,12-15,22,25,27H,11,16-21H2,1-4H3/t22-,25-,27-/m1/s1. The first kappa shape index (κ1) is 31.4. The Morgan fingerprint density at radius 2 is 1.55 bits per heavy atom. The number of likely N-dealkylation sites (tertiary alicyclic amines) is 1. The zero-order chi connectivity index (χ0) is 29.3. The van der Waals surface area contributed by atoms with E-state index in [0.29, 0.717) is 12.2 Å². The predicted octanol–water partition coefficient (Wildman–Crippen LogP) is 5.99. The van der Waals surface area contributed by atoms with E-state index < -0.39 is 53.8 Å². The molecule has 7 nitrogen and oxygen atoms in total. The Kier molecular flexibility index (Phi) is 10.9. The molecule has 1 aliphatic heterocycles. The lowest BCUT2D eigenvalue weighted by molar-refractivity contribution is -0.179. The second kappa shape index (κ2) is 13.9. The number of nitrogens with zero attached hydrogens (tertiary/aromatic N) is 1. The molecule has 1 amide bonds. The lowest BCUT2D eigenvalue weighted by Crippen LogP contribution is -2.57. The molecule has 0 saturated carbocycles. The Labute approximate surface area is 234 Å². The average molecular weight is 560 g/mol. The molecule has 1 saturated heterocycles. The van der Waals surface area contributed by atoms with E-state index in [4.69, 9.17) is 14.2 Å². The number of rotatable bonds is 12. The van der Waals surface area contributed by atoms with Gasteiger partial charge in [0.2, 0.25) is 5.78 Å². The number of carbonyl (C=O) groups excluding carboxylic acids is 3. The van der Waals surface area contributed by atoms with Gasteiger partial charge in [-0.25, -0.2) is 4.79 Å². The van der Waals surface area contributed by atoms with Crippen molar-refractivity contribution in [3.63, 3.8) is 0 Å². The molecule has 0 spiro atoms. The van der Waals surface area contributed by atoms with E-state index in [1.54, 1.807) is 58.0 Å². The van der Waals surface area contributed by atoms with Gasteiger partial charge in [-0.15, -0.1) is 0 Å². The van der Waals surface area contributed by atoms with Crippen LogP contribution in [0.5, 0.6) is 0 Å². The molecule has 0 unspecified atom stereocenters. The molecule has 2 aromatic rings. The van der Waals surface area contributed by atoms with E-state index >= 15 is 8.78 Å². The van der Waals surface area contributed by atoms with Crippen molar-refractivity contribution in [2.75, 3.05) is 13.2 Å². The molecule has 218 valence electrons. The van der Waals surface area contributed by atoms with E-state index in [0.717, 1.165) is 5.56 Å². The molecule has 1 heterocycles. The van der Waals surface area contributed by atoms with Crippen LogP contribution in [-0.2, 0) is 37.0 Å². The molecule has 3 atom stereocenters. The van der Waals surface area contributed by atoms with Crippen LogP contribution in [0, 0.1) is 5.92 Å². The summed E-state index contributed by atoms with van der Waals surface area (Å²) in [5.41, 5.74) is 0.815. The first-order valence-corrected chi connectivity index (χ1v) is 13.6. The number of alkyl halides is 2. The zero-order valence-corrected chi connectivity index (χ0v) is 23.6. The lowest BCUT2D eigenvalue weighted by Gasteiger charge is -2.38. The fourth-order valence-corrected chi connectivity index (χ4v) is 4.49. The summed E-state index contributed by atoms with van der Waals surface area (Å²) in [7, 11) is 0. The number of amides is 1. The molecular formula is C31H39F2NO6. The SMILES string of the molecule is C[C@@H]1CC(=O)[C@H](C(=O)C(F)(F)[C@@H](CCCOCc2ccccc2)OCc2ccccc2)CN1C(=O)OC(C)(C)C. The Morgan fingerprint density at radius 3 is 2.12 bits per heavy atom. The quantitative estimate of drug-likeness (QED) is 0.235. The molecule has 1 fully saturated rings. The van der Waals surface area contributed by atoms with Crippen LogP contribution < -0.4 is 0 Å². The van der Waals surface area contributed by atoms with E-state index in [-0.39, 0.29) is 32.5 Å². The first-order valence-electron chi connectivity index (χ1n) is 13.6. The summed E-state index contributed by atoms with van der Waals surface area (Å²) < 4.78 is 48.3. The molecule has 3 rings (SSSR count). The molecule has 0 aromatic heterocycles. The number of ketones is 2. The Morgan fingerprint density at radius 1 is 0.975 bits per heavy atom. The summed E-state index contributed by atoms with van der Waals surface area (Å²) in [6, 6.07) is 17.7. The van der Waals surface area contributed by atoms with E-state index in [9.17, 15) is 14.4 Å². The van der Waals surface area contributed by atoms with Crippen molar-refractivity contribution in [1.29, 1.82) is 0 Å². The van der Waals surface area contributed by atoms with Crippen LogP contribution in [0.1, 0.15) is 58.1 Å². The summed E-state index contributed by atoms with van der Waals surface area (Å²) >= 11 is 0. The summed E-state index contributed by atoms with van der Waals surface area (Å²) in [6.07, 6.45) is -2.68. The fourth-order valence-electron chi connectivity index (χ4n) is 4.49. The molecule has 0 radical (unpaired) electrons. The monoisotopic (exact) mass is 559 g/mol. The molecule has 9 heteroatoms. The van der Waals surface area contributed by atoms with Gasteiger partial charge in [0.25, 0.3) is 0 Å². The van der Waals surface area contributed by atoms with Gasteiger partial charge in [0.15, 0.2) is 0 Å². The third-order valence-corrected chi connectivity index (χ3v) is 6.63. The molecule has 1 aliphatic rings. The van der Waals surface area contributed by atoms with E-state index in [1.165, 1.54) is 4.90 Å². The fraction of sp³-hybridized carbons (Fsp3) is 0.516. The van der Waals surface area contributed by atoms with Crippen LogP contribution in [0.15, 0.2) is 60.7 Å². The van der Waals surface area contributed by atoms with Crippen molar-refractivity contribution in [3.05, 3.63) is 71.8 Å². The highest BCUT2D eigenvalue weighted by Gasteiger charge is 2.54. The normalized spacial score (nSPS) is 18.9.